The lowest BCUT2D eigenvalue weighted by molar-refractivity contribution is 0.0295. The highest BCUT2D eigenvalue weighted by molar-refractivity contribution is 6.35. The number of rotatable bonds is 7. The maximum absolute atomic E-state index is 13.5. The number of benzene rings is 1. The number of halogens is 1. The number of aromatic nitrogens is 4. The zero-order valence-corrected chi connectivity index (χ0v) is 21.6. The highest BCUT2D eigenvalue weighted by Gasteiger charge is 2.22. The summed E-state index contributed by atoms with van der Waals surface area (Å²) >= 11 is 6.34. The molecular formula is C24H29ClN8O3. The van der Waals surface area contributed by atoms with Crippen LogP contribution in [0.2, 0.25) is 5.02 Å². The molecule has 0 aliphatic carbocycles. The summed E-state index contributed by atoms with van der Waals surface area (Å²) in [6, 6.07) is 6.52. The summed E-state index contributed by atoms with van der Waals surface area (Å²) in [5, 5.41) is 13.2. The number of nitrogens with two attached hydrogens (primary N) is 1. The van der Waals surface area contributed by atoms with Crippen LogP contribution in [0.4, 0.5) is 16.4 Å². The van der Waals surface area contributed by atoms with Crippen LogP contribution in [0.1, 0.15) is 51.5 Å². The number of nitrogen functional groups attached to an aromatic ring is 1. The van der Waals surface area contributed by atoms with E-state index in [4.69, 9.17) is 27.1 Å². The van der Waals surface area contributed by atoms with Gasteiger partial charge in [0.2, 0.25) is 0 Å². The number of hydrogen-bond donors (Lipinski definition) is 2. The molecule has 0 saturated heterocycles. The molecule has 3 aromatic rings. The smallest absolute Gasteiger partial charge is 0.410 e. The average molecular weight is 513 g/mol. The summed E-state index contributed by atoms with van der Waals surface area (Å²) in [4.78, 5) is 39.9. The van der Waals surface area contributed by atoms with E-state index in [1.807, 2.05) is 6.07 Å². The van der Waals surface area contributed by atoms with E-state index in [-0.39, 0.29) is 29.3 Å². The molecule has 190 valence electrons. The Bertz CT molecular complexity index is 1380. The summed E-state index contributed by atoms with van der Waals surface area (Å²) < 4.78 is 6.91. The second-order valence-corrected chi connectivity index (χ2v) is 9.68. The first-order valence-electron chi connectivity index (χ1n) is 11.3. The van der Waals surface area contributed by atoms with Gasteiger partial charge in [0.25, 0.3) is 5.56 Å². The second kappa shape index (κ2) is 10.8. The minimum atomic E-state index is -0.609. The Balaban J connectivity index is 1.94. The molecule has 1 atom stereocenters. The fourth-order valence-electron chi connectivity index (χ4n) is 3.57. The van der Waals surface area contributed by atoms with Gasteiger partial charge in [-0.1, -0.05) is 17.7 Å². The van der Waals surface area contributed by atoms with Gasteiger partial charge in [-0.05, 0) is 46.2 Å². The molecule has 12 heteroatoms. The van der Waals surface area contributed by atoms with E-state index in [1.54, 1.807) is 52.9 Å². The van der Waals surface area contributed by atoms with Gasteiger partial charge in [-0.3, -0.25) is 9.36 Å². The molecule has 0 unspecified atom stereocenters. The molecule has 1 aromatic carbocycles. The van der Waals surface area contributed by atoms with Crippen LogP contribution >= 0.6 is 11.6 Å². The molecule has 36 heavy (non-hydrogen) atoms. The maximum Gasteiger partial charge on any atom is 0.410 e. The molecule has 2 heterocycles. The molecule has 0 aliphatic rings. The Labute approximate surface area is 213 Å². The predicted molar refractivity (Wildman–Crippen MR) is 138 cm³/mol. The van der Waals surface area contributed by atoms with Gasteiger partial charge in [0.15, 0.2) is 0 Å². The quantitative estimate of drug-likeness (QED) is 0.482. The van der Waals surface area contributed by atoms with Crippen LogP contribution in [0.15, 0.2) is 29.3 Å². The summed E-state index contributed by atoms with van der Waals surface area (Å²) in [7, 11) is 1.64. The number of ether oxygens (including phenoxy) is 1. The average Bonchev–Trinajstić information content (AvgIpc) is 2.79. The largest absolute Gasteiger partial charge is 0.444 e. The van der Waals surface area contributed by atoms with Crippen molar-refractivity contribution in [2.24, 2.45) is 0 Å². The number of amides is 1. The van der Waals surface area contributed by atoms with Gasteiger partial charge in [-0.2, -0.15) is 5.26 Å². The van der Waals surface area contributed by atoms with Crippen LogP contribution in [0.3, 0.4) is 0 Å². The van der Waals surface area contributed by atoms with Gasteiger partial charge in [-0.15, -0.1) is 0 Å². The Hall–Kier alpha value is -3.91. The summed E-state index contributed by atoms with van der Waals surface area (Å²) in [6.07, 6.45) is 1.25. The van der Waals surface area contributed by atoms with Gasteiger partial charge < -0.3 is 20.7 Å². The number of carbonyl (C=O) groups excluding carboxylic acids is 1. The van der Waals surface area contributed by atoms with Crippen molar-refractivity contribution in [1.29, 1.82) is 5.26 Å². The number of fused-ring (bicyclic) bond motifs is 1. The van der Waals surface area contributed by atoms with Gasteiger partial charge in [0.05, 0.1) is 22.0 Å². The van der Waals surface area contributed by atoms with E-state index >= 15 is 0 Å². The van der Waals surface area contributed by atoms with Crippen LogP contribution in [0, 0.1) is 11.3 Å². The Morgan fingerprint density at radius 1 is 1.36 bits per heavy atom. The molecule has 3 N–H and O–H groups in total. The SMILES string of the molecule is C[C@H](Nc1ncnc(N)c1C#N)c1nc2cccc(Cl)c2c(=O)n1CCCN(C)C(=O)OC(C)(C)C. The van der Waals surface area contributed by atoms with Crippen molar-refractivity contribution in [2.45, 2.75) is 52.3 Å². The number of nitrogens with one attached hydrogen (secondary N) is 1. The monoisotopic (exact) mass is 512 g/mol. The van der Waals surface area contributed by atoms with Crippen LogP contribution in [0.5, 0.6) is 0 Å². The zero-order chi connectivity index (χ0) is 26.6. The van der Waals surface area contributed by atoms with Crippen molar-refractivity contribution in [3.8, 4) is 6.07 Å². The fraction of sp³-hybridized carbons (Fsp3) is 0.417. The van der Waals surface area contributed by atoms with E-state index in [2.05, 4.69) is 15.3 Å². The number of hydrogen-bond acceptors (Lipinski definition) is 9. The topological polar surface area (TPSA) is 152 Å². The number of nitriles is 1. The maximum atomic E-state index is 13.5. The molecule has 0 radical (unpaired) electrons. The summed E-state index contributed by atoms with van der Waals surface area (Å²) in [5.41, 5.74) is 5.43. The van der Waals surface area contributed by atoms with Gasteiger partial charge >= 0.3 is 6.09 Å². The van der Waals surface area contributed by atoms with Crippen molar-refractivity contribution in [3.05, 3.63) is 51.3 Å². The van der Waals surface area contributed by atoms with E-state index in [1.165, 1.54) is 15.8 Å². The molecule has 0 fully saturated rings. The molecular weight excluding hydrogens is 484 g/mol. The molecule has 11 nitrogen and oxygen atoms in total. The van der Waals surface area contributed by atoms with Crippen LogP contribution in [-0.2, 0) is 11.3 Å². The number of carbonyl (C=O) groups is 1. The van der Waals surface area contributed by atoms with Gasteiger partial charge in [0, 0.05) is 20.1 Å². The first-order chi connectivity index (χ1) is 16.9. The van der Waals surface area contributed by atoms with Crippen molar-refractivity contribution >= 4 is 40.2 Å². The molecule has 2 aromatic heterocycles. The molecule has 1 amide bonds. The standard InChI is InChI=1S/C24H29ClN8O3/c1-14(30-20-15(12-26)19(27)28-13-29-20)21-31-17-9-6-8-16(25)18(17)22(34)33(21)11-7-10-32(5)23(35)36-24(2,3)4/h6,8-9,13-14H,7,10-11H2,1-5H3,(H3,27,28,29,30)/t14-/m0/s1. The molecule has 0 saturated carbocycles. The van der Waals surface area contributed by atoms with Crippen LogP contribution < -0.4 is 16.6 Å². The highest BCUT2D eigenvalue weighted by atomic mass is 35.5. The van der Waals surface area contributed by atoms with Gasteiger partial charge in [0.1, 0.15) is 41.0 Å². The Morgan fingerprint density at radius 2 is 2.08 bits per heavy atom. The highest BCUT2D eigenvalue weighted by Crippen LogP contribution is 2.24. The normalized spacial score (nSPS) is 12.1. The number of anilines is 2. The van der Waals surface area contributed by atoms with Crippen molar-refractivity contribution in [1.82, 2.24) is 24.4 Å². The third-order valence-electron chi connectivity index (χ3n) is 5.27. The van der Waals surface area contributed by atoms with E-state index in [0.29, 0.717) is 34.7 Å². The lowest BCUT2D eigenvalue weighted by Crippen LogP contribution is -2.36. The summed E-state index contributed by atoms with van der Waals surface area (Å²) in [5.74, 6) is 0.688. The van der Waals surface area contributed by atoms with Crippen LogP contribution in [-0.4, -0.2) is 49.7 Å². The van der Waals surface area contributed by atoms with Crippen molar-refractivity contribution in [2.75, 3.05) is 24.6 Å². The Kier molecular flexibility index (Phi) is 8.00. The predicted octanol–water partition coefficient (Wildman–Crippen LogP) is 3.72. The third kappa shape index (κ3) is 6.01. The first kappa shape index (κ1) is 26.7. The minimum Gasteiger partial charge on any atom is -0.444 e. The van der Waals surface area contributed by atoms with E-state index in [9.17, 15) is 14.9 Å². The number of nitrogens with zero attached hydrogens (tertiary/aromatic N) is 6. The van der Waals surface area contributed by atoms with Gasteiger partial charge in [-0.25, -0.2) is 19.7 Å². The minimum absolute atomic E-state index is 0.0445. The zero-order valence-electron chi connectivity index (χ0n) is 20.9. The molecule has 0 spiro atoms. The van der Waals surface area contributed by atoms with E-state index < -0.39 is 17.7 Å². The fourth-order valence-corrected chi connectivity index (χ4v) is 3.82. The second-order valence-electron chi connectivity index (χ2n) is 9.28. The Morgan fingerprint density at radius 3 is 2.75 bits per heavy atom. The lowest BCUT2D eigenvalue weighted by Gasteiger charge is -2.25. The molecule has 3 rings (SSSR count). The summed E-state index contributed by atoms with van der Waals surface area (Å²) in [6.45, 7) is 7.80. The van der Waals surface area contributed by atoms with E-state index in [0.717, 1.165) is 0 Å². The first-order valence-corrected chi connectivity index (χ1v) is 11.7. The van der Waals surface area contributed by atoms with Crippen LogP contribution in [0.25, 0.3) is 10.9 Å². The van der Waals surface area contributed by atoms with Crippen molar-refractivity contribution < 1.29 is 9.53 Å². The third-order valence-corrected chi connectivity index (χ3v) is 5.59. The molecule has 0 bridgehead atoms. The lowest BCUT2D eigenvalue weighted by atomic mass is 10.2. The van der Waals surface area contributed by atoms with Crippen molar-refractivity contribution in [3.63, 3.8) is 0 Å². The molecule has 0 aliphatic heterocycles.